The smallest absolute Gasteiger partial charge is 0.354 e. The van der Waals surface area contributed by atoms with Crippen molar-refractivity contribution in [2.24, 2.45) is 0 Å². The quantitative estimate of drug-likeness (QED) is 0.388. The van der Waals surface area contributed by atoms with Crippen LogP contribution in [0.2, 0.25) is 0 Å². The Bertz CT molecular complexity index is 1680. The number of benzene rings is 1. The van der Waals surface area contributed by atoms with Crippen LogP contribution in [0.5, 0.6) is 0 Å². The molecule has 3 fully saturated rings. The highest BCUT2D eigenvalue weighted by Gasteiger charge is 2.52. The van der Waals surface area contributed by atoms with Crippen molar-refractivity contribution in [3.8, 4) is 0 Å². The molecule has 1 atom stereocenters. The maximum Gasteiger partial charge on any atom is 0.354 e. The average Bonchev–Trinajstić information content (AvgIpc) is 3.61. The standard InChI is InChI=1S/C31H33N7O4/c1-21-15-23(35-12-11-30(2,17-35)22-7-4-3-5-8-22)16-38-27(21)33-26(34-38)28(39)37-13-14-42-20-31(37)18-36(19-31)25-10-6-9-24(32-25)29(40)41/h3-10,15-16H,11-14,17-20H2,1-2H3,(H,40,41)/t30-/m0/s1. The van der Waals surface area contributed by atoms with E-state index in [1.807, 2.05) is 22.9 Å². The highest BCUT2D eigenvalue weighted by molar-refractivity contribution is 5.92. The number of hydrogen-bond donors (Lipinski definition) is 1. The van der Waals surface area contributed by atoms with Gasteiger partial charge in [0.1, 0.15) is 11.4 Å². The number of ether oxygens (including phenoxy) is 1. The number of aryl methyl sites for hydroxylation is 1. The molecule has 6 heterocycles. The molecule has 0 aliphatic carbocycles. The molecule has 42 heavy (non-hydrogen) atoms. The summed E-state index contributed by atoms with van der Waals surface area (Å²) < 4.78 is 7.54. The summed E-state index contributed by atoms with van der Waals surface area (Å²) in [6.07, 6.45) is 3.03. The average molecular weight is 568 g/mol. The molecule has 3 aromatic heterocycles. The Hall–Kier alpha value is -4.51. The lowest BCUT2D eigenvalue weighted by Gasteiger charge is -2.57. The SMILES string of the molecule is Cc1cc(N2CC[C@](C)(c3ccccc3)C2)cn2nc(C(=O)N3CCOCC34CN(c3cccc(C(=O)O)n3)C4)nc12. The first-order chi connectivity index (χ1) is 20.2. The van der Waals surface area contributed by atoms with Gasteiger partial charge in [-0.2, -0.15) is 0 Å². The number of aromatic nitrogens is 4. The highest BCUT2D eigenvalue weighted by atomic mass is 16.5. The molecule has 7 rings (SSSR count). The second kappa shape index (κ2) is 9.80. The van der Waals surface area contributed by atoms with Crippen molar-refractivity contribution in [3.05, 3.63) is 83.4 Å². The summed E-state index contributed by atoms with van der Waals surface area (Å²) in [4.78, 5) is 40.4. The summed E-state index contributed by atoms with van der Waals surface area (Å²) in [5, 5.41) is 14.0. The van der Waals surface area contributed by atoms with E-state index in [4.69, 9.17) is 4.74 Å². The summed E-state index contributed by atoms with van der Waals surface area (Å²) in [7, 11) is 0. The first-order valence-corrected chi connectivity index (χ1v) is 14.3. The minimum atomic E-state index is -1.07. The van der Waals surface area contributed by atoms with Crippen molar-refractivity contribution in [1.82, 2.24) is 24.5 Å². The summed E-state index contributed by atoms with van der Waals surface area (Å²) in [6, 6.07) is 17.7. The monoisotopic (exact) mass is 567 g/mol. The molecule has 3 aliphatic heterocycles. The molecule has 0 saturated carbocycles. The van der Waals surface area contributed by atoms with Gasteiger partial charge in [-0.3, -0.25) is 4.79 Å². The van der Waals surface area contributed by atoms with Gasteiger partial charge in [-0.25, -0.2) is 19.3 Å². The fraction of sp³-hybridized carbons (Fsp3) is 0.387. The molecule has 3 aliphatic rings. The van der Waals surface area contributed by atoms with Crippen molar-refractivity contribution in [3.63, 3.8) is 0 Å². The number of pyridine rings is 2. The molecule has 1 aromatic carbocycles. The number of morpholine rings is 1. The van der Waals surface area contributed by atoms with Crippen LogP contribution in [0.3, 0.4) is 0 Å². The summed E-state index contributed by atoms with van der Waals surface area (Å²) >= 11 is 0. The molecule has 216 valence electrons. The molecular weight excluding hydrogens is 534 g/mol. The number of carbonyl (C=O) groups is 2. The van der Waals surface area contributed by atoms with E-state index in [2.05, 4.69) is 63.3 Å². The summed E-state index contributed by atoms with van der Waals surface area (Å²) in [5.41, 5.74) is 3.55. The van der Waals surface area contributed by atoms with E-state index >= 15 is 0 Å². The Labute approximate surface area is 243 Å². The minimum Gasteiger partial charge on any atom is -0.477 e. The number of rotatable bonds is 5. The maximum absolute atomic E-state index is 13.9. The van der Waals surface area contributed by atoms with Crippen LogP contribution in [-0.2, 0) is 10.2 Å². The summed E-state index contributed by atoms with van der Waals surface area (Å²) in [5.74, 6) is -0.571. The Balaban J connectivity index is 1.12. The van der Waals surface area contributed by atoms with Gasteiger partial charge >= 0.3 is 5.97 Å². The van der Waals surface area contributed by atoms with Gasteiger partial charge in [0, 0.05) is 38.1 Å². The molecule has 1 spiro atoms. The third kappa shape index (κ3) is 4.35. The van der Waals surface area contributed by atoms with Gasteiger partial charge in [-0.15, -0.1) is 5.10 Å². The number of carboxylic acid groups (broad SMARTS) is 1. The lowest BCUT2D eigenvalue weighted by Crippen LogP contribution is -2.75. The molecule has 0 unspecified atom stereocenters. The molecular formula is C31H33N7O4. The number of anilines is 2. The van der Waals surface area contributed by atoms with E-state index in [0.29, 0.717) is 44.3 Å². The van der Waals surface area contributed by atoms with Crippen LogP contribution >= 0.6 is 0 Å². The van der Waals surface area contributed by atoms with E-state index in [-0.39, 0.29) is 22.8 Å². The van der Waals surface area contributed by atoms with E-state index in [1.165, 1.54) is 11.6 Å². The topological polar surface area (TPSA) is 116 Å². The third-order valence-corrected chi connectivity index (χ3v) is 9.00. The predicted octanol–water partition coefficient (Wildman–Crippen LogP) is 3.03. The highest BCUT2D eigenvalue weighted by Crippen LogP contribution is 2.37. The van der Waals surface area contributed by atoms with Gasteiger partial charge in [0.15, 0.2) is 11.3 Å². The number of hydrogen-bond acceptors (Lipinski definition) is 8. The van der Waals surface area contributed by atoms with Crippen molar-refractivity contribution in [2.45, 2.75) is 31.2 Å². The van der Waals surface area contributed by atoms with Gasteiger partial charge in [0.25, 0.3) is 5.91 Å². The largest absolute Gasteiger partial charge is 0.477 e. The number of fused-ring (bicyclic) bond motifs is 1. The number of amides is 1. The van der Waals surface area contributed by atoms with Gasteiger partial charge < -0.3 is 24.5 Å². The van der Waals surface area contributed by atoms with Crippen molar-refractivity contribution < 1.29 is 19.4 Å². The first-order valence-electron chi connectivity index (χ1n) is 14.3. The van der Waals surface area contributed by atoms with Crippen molar-refractivity contribution in [2.75, 3.05) is 55.7 Å². The Morgan fingerprint density at radius 2 is 1.79 bits per heavy atom. The van der Waals surface area contributed by atoms with E-state index in [9.17, 15) is 14.7 Å². The fourth-order valence-corrected chi connectivity index (χ4v) is 6.63. The molecule has 3 saturated heterocycles. The maximum atomic E-state index is 13.9. The third-order valence-electron chi connectivity index (χ3n) is 9.00. The number of carbonyl (C=O) groups excluding carboxylic acids is 1. The first kappa shape index (κ1) is 26.4. The van der Waals surface area contributed by atoms with Crippen LogP contribution < -0.4 is 9.80 Å². The van der Waals surface area contributed by atoms with Gasteiger partial charge in [-0.05, 0) is 42.7 Å². The number of carboxylic acids is 1. The fourth-order valence-electron chi connectivity index (χ4n) is 6.63. The minimum absolute atomic E-state index is 0.0106. The van der Waals surface area contributed by atoms with Gasteiger partial charge in [0.2, 0.25) is 5.82 Å². The predicted molar refractivity (Wildman–Crippen MR) is 156 cm³/mol. The number of nitrogens with zero attached hydrogens (tertiary/aromatic N) is 7. The van der Waals surface area contributed by atoms with Crippen LogP contribution in [0.4, 0.5) is 11.5 Å². The van der Waals surface area contributed by atoms with Crippen LogP contribution in [0, 0.1) is 6.92 Å². The van der Waals surface area contributed by atoms with Crippen molar-refractivity contribution in [1.29, 1.82) is 0 Å². The van der Waals surface area contributed by atoms with Gasteiger partial charge in [-0.1, -0.05) is 43.3 Å². The molecule has 0 bridgehead atoms. The Morgan fingerprint density at radius 3 is 2.57 bits per heavy atom. The molecule has 0 radical (unpaired) electrons. The Kier molecular flexibility index (Phi) is 6.16. The second-order valence-corrected chi connectivity index (χ2v) is 12.0. The zero-order valence-corrected chi connectivity index (χ0v) is 23.7. The molecule has 11 heteroatoms. The van der Waals surface area contributed by atoms with Crippen LogP contribution in [0.25, 0.3) is 5.65 Å². The molecule has 1 amide bonds. The Morgan fingerprint density at radius 1 is 0.976 bits per heavy atom. The zero-order valence-electron chi connectivity index (χ0n) is 23.7. The lowest BCUT2D eigenvalue weighted by molar-refractivity contribution is -0.0655. The normalized spacial score (nSPS) is 21.6. The second-order valence-electron chi connectivity index (χ2n) is 12.0. The van der Waals surface area contributed by atoms with E-state index in [0.717, 1.165) is 30.8 Å². The van der Waals surface area contributed by atoms with Crippen LogP contribution in [-0.4, -0.2) is 92.9 Å². The van der Waals surface area contributed by atoms with Crippen LogP contribution in [0.15, 0.2) is 60.8 Å². The van der Waals surface area contributed by atoms with Gasteiger partial charge in [0.05, 0.1) is 25.1 Å². The molecule has 4 aromatic rings. The van der Waals surface area contributed by atoms with E-state index < -0.39 is 11.5 Å². The lowest BCUT2D eigenvalue weighted by atomic mass is 9.82. The zero-order chi connectivity index (χ0) is 29.1. The number of aromatic carboxylic acids is 1. The summed E-state index contributed by atoms with van der Waals surface area (Å²) in [6.45, 7) is 8.39. The molecule has 11 nitrogen and oxygen atoms in total. The van der Waals surface area contributed by atoms with E-state index in [1.54, 1.807) is 16.6 Å². The van der Waals surface area contributed by atoms with Crippen LogP contribution in [0.1, 0.15) is 45.6 Å². The molecule has 1 N–H and O–H groups in total. The van der Waals surface area contributed by atoms with Crippen molar-refractivity contribution >= 4 is 29.0 Å².